The van der Waals surface area contributed by atoms with Crippen LogP contribution in [0.5, 0.6) is 0 Å². The van der Waals surface area contributed by atoms with Crippen LogP contribution in [0.25, 0.3) is 0 Å². The number of aromatic nitrogens is 2. The van der Waals surface area contributed by atoms with Gasteiger partial charge in [-0.2, -0.15) is 5.10 Å². The standard InChI is InChI=1S/C14H23N3O2/c1-4-11-9-12(16(2)15-11)10-17-8-6-5-7-13(17)14(18)19-3/h9,13H,4-8,10H2,1-3H3. The summed E-state index contributed by atoms with van der Waals surface area (Å²) in [5, 5.41) is 4.46. The predicted octanol–water partition coefficient (Wildman–Crippen LogP) is 1.51. The van der Waals surface area contributed by atoms with E-state index in [0.717, 1.165) is 50.2 Å². The van der Waals surface area contributed by atoms with Gasteiger partial charge in [0.05, 0.1) is 18.5 Å². The average Bonchev–Trinajstić information content (AvgIpc) is 2.79. The Bertz CT molecular complexity index is 442. The van der Waals surface area contributed by atoms with Crippen LogP contribution < -0.4 is 0 Å². The SMILES string of the molecule is CCc1cc(CN2CCCCC2C(=O)OC)n(C)n1. The Kier molecular flexibility index (Phi) is 4.58. The van der Waals surface area contributed by atoms with Gasteiger partial charge in [0, 0.05) is 13.6 Å². The molecule has 1 aromatic heterocycles. The number of aryl methyl sites for hydroxylation is 2. The summed E-state index contributed by atoms with van der Waals surface area (Å²) in [6.07, 6.45) is 4.08. The number of hydrogen-bond donors (Lipinski definition) is 0. The van der Waals surface area contributed by atoms with E-state index in [0.29, 0.717) is 0 Å². The number of hydrogen-bond acceptors (Lipinski definition) is 4. The minimum atomic E-state index is -0.113. The van der Waals surface area contributed by atoms with Crippen LogP contribution in [0, 0.1) is 0 Å². The van der Waals surface area contributed by atoms with Gasteiger partial charge in [-0.15, -0.1) is 0 Å². The molecule has 5 nitrogen and oxygen atoms in total. The molecule has 19 heavy (non-hydrogen) atoms. The van der Waals surface area contributed by atoms with Crippen LogP contribution in [-0.4, -0.2) is 40.3 Å². The van der Waals surface area contributed by atoms with E-state index in [9.17, 15) is 4.79 Å². The maximum atomic E-state index is 11.8. The van der Waals surface area contributed by atoms with Gasteiger partial charge < -0.3 is 4.74 Å². The number of carbonyl (C=O) groups is 1. The fourth-order valence-electron chi connectivity index (χ4n) is 2.68. The second-order valence-electron chi connectivity index (χ2n) is 5.11. The molecule has 1 fully saturated rings. The molecular weight excluding hydrogens is 242 g/mol. The van der Waals surface area contributed by atoms with Crippen molar-refractivity contribution in [3.05, 3.63) is 17.5 Å². The first-order chi connectivity index (χ1) is 9.15. The van der Waals surface area contributed by atoms with E-state index in [-0.39, 0.29) is 12.0 Å². The third kappa shape index (κ3) is 3.15. The Hall–Kier alpha value is -1.36. The third-order valence-electron chi connectivity index (χ3n) is 3.84. The van der Waals surface area contributed by atoms with E-state index in [2.05, 4.69) is 23.0 Å². The number of piperidine rings is 1. The van der Waals surface area contributed by atoms with Gasteiger partial charge in [-0.1, -0.05) is 13.3 Å². The number of likely N-dealkylation sites (tertiary alicyclic amines) is 1. The van der Waals surface area contributed by atoms with Gasteiger partial charge in [-0.25, -0.2) is 0 Å². The molecule has 1 unspecified atom stereocenters. The molecule has 1 aliphatic rings. The number of ether oxygens (including phenoxy) is 1. The van der Waals surface area contributed by atoms with E-state index < -0.39 is 0 Å². The molecule has 0 aliphatic carbocycles. The fourth-order valence-corrected chi connectivity index (χ4v) is 2.68. The smallest absolute Gasteiger partial charge is 0.323 e. The molecule has 2 rings (SSSR count). The lowest BCUT2D eigenvalue weighted by molar-refractivity contribution is -0.148. The highest BCUT2D eigenvalue weighted by atomic mass is 16.5. The lowest BCUT2D eigenvalue weighted by Crippen LogP contribution is -2.44. The zero-order chi connectivity index (χ0) is 13.8. The highest BCUT2D eigenvalue weighted by molar-refractivity contribution is 5.75. The molecular formula is C14H23N3O2. The van der Waals surface area contributed by atoms with Crippen molar-refractivity contribution in [1.82, 2.24) is 14.7 Å². The molecule has 0 bridgehead atoms. The van der Waals surface area contributed by atoms with Crippen molar-refractivity contribution >= 4 is 5.97 Å². The van der Waals surface area contributed by atoms with E-state index in [1.807, 2.05) is 11.7 Å². The maximum absolute atomic E-state index is 11.8. The average molecular weight is 265 g/mol. The van der Waals surface area contributed by atoms with Crippen LogP contribution in [-0.2, 0) is 29.5 Å². The Morgan fingerprint density at radius 3 is 2.95 bits per heavy atom. The van der Waals surface area contributed by atoms with Crippen molar-refractivity contribution in [3.8, 4) is 0 Å². The van der Waals surface area contributed by atoms with E-state index in [1.54, 1.807) is 0 Å². The quantitative estimate of drug-likeness (QED) is 0.774. The third-order valence-corrected chi connectivity index (χ3v) is 3.84. The van der Waals surface area contributed by atoms with Crippen molar-refractivity contribution in [2.45, 2.75) is 45.2 Å². The molecule has 5 heteroatoms. The molecule has 1 atom stereocenters. The van der Waals surface area contributed by atoms with Gasteiger partial charge in [0.25, 0.3) is 0 Å². The highest BCUT2D eigenvalue weighted by Gasteiger charge is 2.29. The second kappa shape index (κ2) is 6.19. The Morgan fingerprint density at radius 1 is 1.53 bits per heavy atom. The van der Waals surface area contributed by atoms with Gasteiger partial charge >= 0.3 is 5.97 Å². The normalized spacial score (nSPS) is 20.5. The van der Waals surface area contributed by atoms with Crippen molar-refractivity contribution in [3.63, 3.8) is 0 Å². The molecule has 0 spiro atoms. The van der Waals surface area contributed by atoms with Crippen molar-refractivity contribution in [2.75, 3.05) is 13.7 Å². The molecule has 0 amide bonds. The Morgan fingerprint density at radius 2 is 2.32 bits per heavy atom. The molecule has 0 aromatic carbocycles. The second-order valence-corrected chi connectivity index (χ2v) is 5.11. The first kappa shape index (κ1) is 14.1. The van der Waals surface area contributed by atoms with Crippen LogP contribution in [0.15, 0.2) is 6.07 Å². The number of nitrogens with zero attached hydrogens (tertiary/aromatic N) is 3. The highest BCUT2D eigenvalue weighted by Crippen LogP contribution is 2.20. The molecule has 1 aliphatic heterocycles. The first-order valence-corrected chi connectivity index (χ1v) is 6.99. The molecule has 0 radical (unpaired) electrons. The largest absolute Gasteiger partial charge is 0.468 e. The van der Waals surface area contributed by atoms with E-state index in [1.165, 1.54) is 7.11 Å². The molecule has 0 saturated carbocycles. The first-order valence-electron chi connectivity index (χ1n) is 6.99. The fraction of sp³-hybridized carbons (Fsp3) is 0.714. The van der Waals surface area contributed by atoms with Crippen LogP contribution >= 0.6 is 0 Å². The minimum Gasteiger partial charge on any atom is -0.468 e. The van der Waals surface area contributed by atoms with Crippen molar-refractivity contribution in [1.29, 1.82) is 0 Å². The summed E-state index contributed by atoms with van der Waals surface area (Å²) in [6, 6.07) is 2.03. The van der Waals surface area contributed by atoms with Crippen molar-refractivity contribution in [2.24, 2.45) is 7.05 Å². The van der Waals surface area contributed by atoms with Gasteiger partial charge in [0.2, 0.25) is 0 Å². The summed E-state index contributed by atoms with van der Waals surface area (Å²) in [6.45, 7) is 3.82. The molecule has 1 aromatic rings. The van der Waals surface area contributed by atoms with Crippen LogP contribution in [0.3, 0.4) is 0 Å². The predicted molar refractivity (Wildman–Crippen MR) is 72.7 cm³/mol. The molecule has 106 valence electrons. The Balaban J connectivity index is 2.10. The van der Waals surface area contributed by atoms with Gasteiger partial charge in [0.15, 0.2) is 0 Å². The molecule has 2 heterocycles. The van der Waals surface area contributed by atoms with Gasteiger partial charge in [-0.3, -0.25) is 14.4 Å². The topological polar surface area (TPSA) is 47.4 Å². The van der Waals surface area contributed by atoms with Crippen LogP contribution in [0.2, 0.25) is 0 Å². The number of esters is 1. The van der Waals surface area contributed by atoms with Crippen LogP contribution in [0.1, 0.15) is 37.6 Å². The van der Waals surface area contributed by atoms with E-state index >= 15 is 0 Å². The summed E-state index contributed by atoms with van der Waals surface area (Å²) in [5.74, 6) is -0.113. The van der Waals surface area contributed by atoms with Crippen LogP contribution in [0.4, 0.5) is 0 Å². The Labute approximate surface area is 114 Å². The zero-order valence-electron chi connectivity index (χ0n) is 12.1. The van der Waals surface area contributed by atoms with Crippen molar-refractivity contribution < 1.29 is 9.53 Å². The number of methoxy groups -OCH3 is 1. The lowest BCUT2D eigenvalue weighted by atomic mass is 10.0. The molecule has 1 saturated heterocycles. The lowest BCUT2D eigenvalue weighted by Gasteiger charge is -2.33. The summed E-state index contributed by atoms with van der Waals surface area (Å²) in [5.41, 5.74) is 2.26. The van der Waals surface area contributed by atoms with Gasteiger partial charge in [0.1, 0.15) is 6.04 Å². The number of rotatable bonds is 4. The monoisotopic (exact) mass is 265 g/mol. The van der Waals surface area contributed by atoms with Gasteiger partial charge in [-0.05, 0) is 31.9 Å². The zero-order valence-corrected chi connectivity index (χ0v) is 12.1. The summed E-state index contributed by atoms with van der Waals surface area (Å²) in [4.78, 5) is 14.0. The number of carbonyl (C=O) groups excluding carboxylic acids is 1. The summed E-state index contributed by atoms with van der Waals surface area (Å²) >= 11 is 0. The minimum absolute atomic E-state index is 0.0984. The molecule has 0 N–H and O–H groups in total. The summed E-state index contributed by atoms with van der Waals surface area (Å²) < 4.78 is 6.83. The summed E-state index contributed by atoms with van der Waals surface area (Å²) in [7, 11) is 3.43. The maximum Gasteiger partial charge on any atom is 0.323 e. The van der Waals surface area contributed by atoms with E-state index in [4.69, 9.17) is 4.74 Å².